The van der Waals surface area contributed by atoms with Gasteiger partial charge in [0.25, 0.3) is 0 Å². The van der Waals surface area contributed by atoms with Gasteiger partial charge in [-0.05, 0) is 75.8 Å². The monoisotopic (exact) mass is 395 g/mol. The van der Waals surface area contributed by atoms with Gasteiger partial charge in [0, 0.05) is 24.4 Å². The van der Waals surface area contributed by atoms with Gasteiger partial charge < -0.3 is 9.64 Å². The Bertz CT molecular complexity index is 940. The fourth-order valence-electron chi connectivity index (χ4n) is 4.14. The van der Waals surface area contributed by atoms with E-state index >= 15 is 0 Å². The topological polar surface area (TPSA) is 45.1 Å². The van der Waals surface area contributed by atoms with Gasteiger partial charge in [-0.3, -0.25) is 4.79 Å². The molecule has 6 heteroatoms. The Labute approximate surface area is 170 Å². The number of anilines is 1. The maximum Gasteiger partial charge on any atom is 0.248 e. The highest BCUT2D eigenvalue weighted by Gasteiger charge is 2.34. The number of carbonyl (C=O) groups is 1. The number of fused-ring (bicyclic) bond motifs is 3. The molecule has 4 rings (SSSR count). The molecule has 1 aliphatic carbocycles. The fourth-order valence-corrected chi connectivity index (χ4v) is 4.14. The van der Waals surface area contributed by atoms with Crippen LogP contribution < -0.4 is 9.75 Å². The molecule has 0 saturated carbocycles. The number of nitrogens with zero attached hydrogens (tertiary/aromatic N) is 3. The summed E-state index contributed by atoms with van der Waals surface area (Å²) < 4.78 is 19.7. The molecule has 0 bridgehead atoms. The van der Waals surface area contributed by atoms with Crippen LogP contribution in [0, 0.1) is 11.7 Å². The highest BCUT2D eigenvalue weighted by Crippen LogP contribution is 2.34. The summed E-state index contributed by atoms with van der Waals surface area (Å²) in [4.78, 5) is 14.8. The van der Waals surface area contributed by atoms with Crippen molar-refractivity contribution >= 4 is 17.3 Å². The number of carbonyl (C=O) groups excluding carboxylic acids is 1. The van der Waals surface area contributed by atoms with E-state index in [4.69, 9.17) is 4.74 Å². The van der Waals surface area contributed by atoms with E-state index in [2.05, 4.69) is 10.0 Å². The zero-order valence-electron chi connectivity index (χ0n) is 17.1. The number of ether oxygens (including phenoxy) is 1. The summed E-state index contributed by atoms with van der Waals surface area (Å²) in [6, 6.07) is 12.2. The van der Waals surface area contributed by atoms with E-state index in [1.807, 2.05) is 51.4 Å². The third-order valence-corrected chi connectivity index (χ3v) is 5.40. The van der Waals surface area contributed by atoms with Gasteiger partial charge in [-0.25, -0.2) is 9.40 Å². The fraction of sp³-hybridized carbons (Fsp3) is 0.391. The van der Waals surface area contributed by atoms with Crippen molar-refractivity contribution in [1.29, 1.82) is 0 Å². The third kappa shape index (κ3) is 4.17. The molecule has 2 unspecified atom stereocenters. The molecule has 2 aromatic carbocycles. The lowest BCUT2D eigenvalue weighted by Crippen LogP contribution is -2.39. The van der Waals surface area contributed by atoms with E-state index in [0.29, 0.717) is 12.1 Å². The van der Waals surface area contributed by atoms with Crippen molar-refractivity contribution in [3.05, 3.63) is 59.4 Å². The van der Waals surface area contributed by atoms with E-state index in [-0.39, 0.29) is 23.7 Å². The first-order valence-electron chi connectivity index (χ1n) is 10.0. The van der Waals surface area contributed by atoms with E-state index in [1.54, 1.807) is 0 Å². The molecule has 0 radical (unpaired) electrons. The lowest BCUT2D eigenvalue weighted by Gasteiger charge is -2.33. The SMILES string of the molecule is CC(CN(C)C)Oc1ccc(N2N=C3c4cc(F)ccc4CCC3CC2=O)cc1. The zero-order valence-corrected chi connectivity index (χ0v) is 17.1. The maximum atomic E-state index is 13.8. The van der Waals surface area contributed by atoms with Crippen LogP contribution in [0.5, 0.6) is 5.75 Å². The zero-order chi connectivity index (χ0) is 20.5. The Morgan fingerprint density at radius 1 is 1.24 bits per heavy atom. The minimum atomic E-state index is -0.274. The van der Waals surface area contributed by atoms with Crippen LogP contribution in [0.15, 0.2) is 47.6 Å². The molecule has 2 aliphatic rings. The molecule has 5 nitrogen and oxygen atoms in total. The summed E-state index contributed by atoms with van der Waals surface area (Å²) in [5.74, 6) is 0.503. The quantitative estimate of drug-likeness (QED) is 0.772. The molecule has 0 spiro atoms. The largest absolute Gasteiger partial charge is 0.489 e. The van der Waals surface area contributed by atoms with Gasteiger partial charge in [-0.1, -0.05) is 6.07 Å². The van der Waals surface area contributed by atoms with Crippen molar-refractivity contribution in [3.8, 4) is 5.75 Å². The van der Waals surface area contributed by atoms with Crippen LogP contribution in [-0.2, 0) is 11.2 Å². The van der Waals surface area contributed by atoms with Crippen LogP contribution in [0.25, 0.3) is 0 Å². The second-order valence-corrected chi connectivity index (χ2v) is 8.12. The van der Waals surface area contributed by atoms with Crippen molar-refractivity contribution in [2.75, 3.05) is 25.6 Å². The number of likely N-dealkylation sites (N-methyl/N-ethyl adjacent to an activating group) is 1. The summed E-state index contributed by atoms with van der Waals surface area (Å²) in [5, 5.41) is 6.10. The average molecular weight is 395 g/mol. The second kappa shape index (κ2) is 7.95. The number of halogens is 1. The predicted octanol–water partition coefficient (Wildman–Crippen LogP) is 3.86. The summed E-state index contributed by atoms with van der Waals surface area (Å²) in [6.45, 7) is 2.84. The standard InChI is InChI=1S/C23H26FN3O2/c1-15(14-26(2)3)29-20-10-8-19(9-11-20)27-22(28)12-17-5-4-16-6-7-18(24)13-21(16)23(17)25-27/h6-11,13,15,17H,4-5,12,14H2,1-3H3. The van der Waals surface area contributed by atoms with E-state index < -0.39 is 0 Å². The van der Waals surface area contributed by atoms with Gasteiger partial charge in [-0.2, -0.15) is 5.10 Å². The van der Waals surface area contributed by atoms with Crippen molar-refractivity contribution in [2.24, 2.45) is 11.0 Å². The van der Waals surface area contributed by atoms with Crippen molar-refractivity contribution < 1.29 is 13.9 Å². The van der Waals surface area contributed by atoms with Crippen molar-refractivity contribution in [2.45, 2.75) is 32.3 Å². The molecule has 2 aromatic rings. The van der Waals surface area contributed by atoms with E-state index in [9.17, 15) is 9.18 Å². The average Bonchev–Trinajstić information content (AvgIpc) is 2.67. The Morgan fingerprint density at radius 3 is 2.72 bits per heavy atom. The van der Waals surface area contributed by atoms with Crippen molar-refractivity contribution in [3.63, 3.8) is 0 Å². The van der Waals surface area contributed by atoms with Crippen LogP contribution in [0.4, 0.5) is 10.1 Å². The molecular weight excluding hydrogens is 369 g/mol. The molecule has 29 heavy (non-hydrogen) atoms. The van der Waals surface area contributed by atoms with Crippen LogP contribution in [0.1, 0.15) is 30.9 Å². The number of benzene rings is 2. The first kappa shape index (κ1) is 19.6. The Hall–Kier alpha value is -2.73. The lowest BCUT2D eigenvalue weighted by molar-refractivity contribution is -0.119. The molecule has 0 N–H and O–H groups in total. The Balaban J connectivity index is 1.59. The number of hydrazone groups is 1. The molecule has 1 heterocycles. The number of hydrogen-bond acceptors (Lipinski definition) is 4. The van der Waals surface area contributed by atoms with Crippen LogP contribution in [-0.4, -0.2) is 43.3 Å². The van der Waals surface area contributed by atoms with Crippen molar-refractivity contribution in [1.82, 2.24) is 4.90 Å². The molecule has 1 aliphatic heterocycles. The summed E-state index contributed by atoms with van der Waals surface area (Å²) in [6.07, 6.45) is 2.17. The van der Waals surface area contributed by atoms with Crippen LogP contribution in [0.2, 0.25) is 0 Å². The van der Waals surface area contributed by atoms with Gasteiger partial charge in [0.15, 0.2) is 0 Å². The van der Waals surface area contributed by atoms with Gasteiger partial charge in [0.2, 0.25) is 5.91 Å². The molecule has 0 fully saturated rings. The Morgan fingerprint density at radius 2 is 2.00 bits per heavy atom. The Kier molecular flexibility index (Phi) is 5.37. The van der Waals surface area contributed by atoms with Gasteiger partial charge >= 0.3 is 0 Å². The van der Waals surface area contributed by atoms with Gasteiger partial charge in [0.05, 0.1) is 11.4 Å². The molecule has 0 aromatic heterocycles. The van der Waals surface area contributed by atoms with E-state index in [1.165, 1.54) is 17.1 Å². The highest BCUT2D eigenvalue weighted by atomic mass is 19.1. The number of aryl methyl sites for hydroxylation is 1. The summed E-state index contributed by atoms with van der Waals surface area (Å²) in [7, 11) is 4.01. The molecule has 0 saturated heterocycles. The second-order valence-electron chi connectivity index (χ2n) is 8.12. The molecule has 152 valence electrons. The number of hydrogen-bond donors (Lipinski definition) is 0. The highest BCUT2D eigenvalue weighted by molar-refractivity contribution is 6.11. The molecule has 1 amide bonds. The minimum Gasteiger partial charge on any atom is -0.489 e. The first-order valence-corrected chi connectivity index (χ1v) is 10.0. The number of rotatable bonds is 5. The summed E-state index contributed by atoms with van der Waals surface area (Å²) >= 11 is 0. The van der Waals surface area contributed by atoms with Crippen LogP contribution >= 0.6 is 0 Å². The normalized spacial score (nSPS) is 19.5. The van der Waals surface area contributed by atoms with Crippen LogP contribution in [0.3, 0.4) is 0 Å². The predicted molar refractivity (Wildman–Crippen MR) is 112 cm³/mol. The lowest BCUT2D eigenvalue weighted by atomic mass is 9.79. The molecule has 2 atom stereocenters. The molecular formula is C23H26FN3O2. The van der Waals surface area contributed by atoms with E-state index in [0.717, 1.165) is 42.0 Å². The minimum absolute atomic E-state index is 0.0340. The summed E-state index contributed by atoms with van der Waals surface area (Å²) in [5.41, 5.74) is 3.42. The van der Waals surface area contributed by atoms with Gasteiger partial charge in [0.1, 0.15) is 17.7 Å². The third-order valence-electron chi connectivity index (χ3n) is 5.40. The smallest absolute Gasteiger partial charge is 0.248 e. The number of amides is 1. The maximum absolute atomic E-state index is 13.8. The van der Waals surface area contributed by atoms with Gasteiger partial charge in [-0.15, -0.1) is 0 Å². The first-order chi connectivity index (χ1) is 13.9.